The third-order valence-electron chi connectivity index (χ3n) is 3.89. The summed E-state index contributed by atoms with van der Waals surface area (Å²) in [5.41, 5.74) is 2.51. The molecule has 1 aliphatic rings. The molecule has 2 aromatic rings. The SMILES string of the molecule is Cc1cc(C(=O)N2CC(C(=O)O)c3ccccc32)sc1C. The number of thiophene rings is 1. The number of benzene rings is 1. The number of fused-ring (bicyclic) bond motifs is 1. The molecule has 1 aliphatic heterocycles. The molecule has 5 heteroatoms. The van der Waals surface area contributed by atoms with Crippen LogP contribution >= 0.6 is 11.3 Å². The topological polar surface area (TPSA) is 57.6 Å². The van der Waals surface area contributed by atoms with E-state index >= 15 is 0 Å². The summed E-state index contributed by atoms with van der Waals surface area (Å²) < 4.78 is 0. The predicted octanol–water partition coefficient (Wildman–Crippen LogP) is 3.19. The molecule has 1 unspecified atom stereocenters. The maximum absolute atomic E-state index is 12.7. The van der Waals surface area contributed by atoms with Crippen LogP contribution in [0.2, 0.25) is 0 Å². The number of carboxylic acid groups (broad SMARTS) is 1. The first-order chi connectivity index (χ1) is 9.99. The van der Waals surface area contributed by atoms with E-state index in [4.69, 9.17) is 0 Å². The molecule has 1 aromatic carbocycles. The molecule has 108 valence electrons. The van der Waals surface area contributed by atoms with Crippen LogP contribution in [0.25, 0.3) is 0 Å². The lowest BCUT2D eigenvalue weighted by molar-refractivity contribution is -0.138. The van der Waals surface area contributed by atoms with Gasteiger partial charge in [0.05, 0.1) is 4.88 Å². The Morgan fingerprint density at radius 1 is 1.29 bits per heavy atom. The zero-order chi connectivity index (χ0) is 15.1. The monoisotopic (exact) mass is 301 g/mol. The zero-order valence-corrected chi connectivity index (χ0v) is 12.6. The zero-order valence-electron chi connectivity index (χ0n) is 11.8. The highest BCUT2D eigenvalue weighted by Gasteiger charge is 2.37. The highest BCUT2D eigenvalue weighted by molar-refractivity contribution is 7.14. The fraction of sp³-hybridized carbons (Fsp3) is 0.250. The Balaban J connectivity index is 2.00. The average Bonchev–Trinajstić information content (AvgIpc) is 3.00. The Labute approximate surface area is 126 Å². The lowest BCUT2D eigenvalue weighted by Gasteiger charge is -2.16. The number of aliphatic carboxylic acids is 1. The molecule has 0 bridgehead atoms. The number of carboxylic acids is 1. The fourth-order valence-corrected chi connectivity index (χ4v) is 3.61. The van der Waals surface area contributed by atoms with E-state index < -0.39 is 11.9 Å². The molecule has 0 saturated carbocycles. The van der Waals surface area contributed by atoms with Crippen molar-refractivity contribution in [1.82, 2.24) is 0 Å². The third-order valence-corrected chi connectivity index (χ3v) is 5.03. The molecule has 0 aliphatic carbocycles. The largest absolute Gasteiger partial charge is 0.481 e. The predicted molar refractivity (Wildman–Crippen MR) is 82.3 cm³/mol. The summed E-state index contributed by atoms with van der Waals surface area (Å²) in [6.45, 7) is 4.15. The maximum atomic E-state index is 12.7. The summed E-state index contributed by atoms with van der Waals surface area (Å²) in [5, 5.41) is 9.34. The van der Waals surface area contributed by atoms with E-state index in [1.807, 2.05) is 38.1 Å². The molecule has 2 heterocycles. The normalized spacial score (nSPS) is 16.9. The van der Waals surface area contributed by atoms with Crippen molar-refractivity contribution in [2.75, 3.05) is 11.4 Å². The second-order valence-electron chi connectivity index (χ2n) is 5.22. The van der Waals surface area contributed by atoms with Gasteiger partial charge in [0.15, 0.2) is 0 Å². The molecule has 4 nitrogen and oxygen atoms in total. The van der Waals surface area contributed by atoms with Crippen LogP contribution in [0.4, 0.5) is 5.69 Å². The van der Waals surface area contributed by atoms with Crippen LogP contribution in [0.1, 0.15) is 31.6 Å². The van der Waals surface area contributed by atoms with Gasteiger partial charge in [-0.05, 0) is 37.1 Å². The van der Waals surface area contributed by atoms with Gasteiger partial charge in [-0.3, -0.25) is 9.59 Å². The number of carbonyl (C=O) groups excluding carboxylic acids is 1. The van der Waals surface area contributed by atoms with Gasteiger partial charge in [0.1, 0.15) is 5.92 Å². The van der Waals surface area contributed by atoms with Crippen molar-refractivity contribution in [3.63, 3.8) is 0 Å². The molecule has 0 spiro atoms. The van der Waals surface area contributed by atoms with Gasteiger partial charge in [-0.1, -0.05) is 18.2 Å². The van der Waals surface area contributed by atoms with Gasteiger partial charge < -0.3 is 10.0 Å². The maximum Gasteiger partial charge on any atom is 0.312 e. The molecule has 3 rings (SSSR count). The first-order valence-corrected chi connectivity index (χ1v) is 7.51. The molecule has 1 aromatic heterocycles. The van der Waals surface area contributed by atoms with Crippen LogP contribution in [0.15, 0.2) is 30.3 Å². The number of carbonyl (C=O) groups is 2. The van der Waals surface area contributed by atoms with E-state index in [1.54, 1.807) is 11.0 Å². The van der Waals surface area contributed by atoms with Gasteiger partial charge in [0.25, 0.3) is 5.91 Å². The van der Waals surface area contributed by atoms with E-state index in [2.05, 4.69) is 0 Å². The molecular formula is C16H15NO3S. The highest BCUT2D eigenvalue weighted by atomic mass is 32.1. The third kappa shape index (κ3) is 2.23. The van der Waals surface area contributed by atoms with E-state index in [-0.39, 0.29) is 12.5 Å². The van der Waals surface area contributed by atoms with E-state index in [1.165, 1.54) is 11.3 Å². The molecular weight excluding hydrogens is 286 g/mol. The number of aryl methyl sites for hydroxylation is 2. The molecule has 0 fully saturated rings. The number of para-hydroxylation sites is 1. The summed E-state index contributed by atoms with van der Waals surface area (Å²) in [6, 6.07) is 9.10. The Bertz CT molecular complexity index is 715. The first-order valence-electron chi connectivity index (χ1n) is 6.69. The van der Waals surface area contributed by atoms with Gasteiger partial charge in [-0.2, -0.15) is 0 Å². The average molecular weight is 301 g/mol. The number of anilines is 1. The van der Waals surface area contributed by atoms with Gasteiger partial charge in [0.2, 0.25) is 0 Å². The standard InChI is InChI=1S/C16H15NO3S/c1-9-7-14(21-10(9)2)15(18)17-8-12(16(19)20)11-5-3-4-6-13(11)17/h3-7,12H,8H2,1-2H3,(H,19,20). The molecule has 21 heavy (non-hydrogen) atoms. The first kappa shape index (κ1) is 13.8. The van der Waals surface area contributed by atoms with Crippen LogP contribution in [0.5, 0.6) is 0 Å². The number of nitrogens with zero attached hydrogens (tertiary/aromatic N) is 1. The van der Waals surface area contributed by atoms with Crippen molar-refractivity contribution >= 4 is 28.9 Å². The van der Waals surface area contributed by atoms with Crippen LogP contribution in [0.3, 0.4) is 0 Å². The van der Waals surface area contributed by atoms with Crippen LogP contribution in [-0.2, 0) is 4.79 Å². The Morgan fingerprint density at radius 3 is 2.62 bits per heavy atom. The Hall–Kier alpha value is -2.14. The second-order valence-corrected chi connectivity index (χ2v) is 6.47. The number of amides is 1. The van der Waals surface area contributed by atoms with Crippen LogP contribution in [-0.4, -0.2) is 23.5 Å². The fourth-order valence-electron chi connectivity index (χ4n) is 2.62. The van der Waals surface area contributed by atoms with Crippen molar-refractivity contribution in [3.8, 4) is 0 Å². The molecule has 1 amide bonds. The molecule has 0 saturated heterocycles. The van der Waals surface area contributed by atoms with E-state index in [0.717, 1.165) is 10.4 Å². The van der Waals surface area contributed by atoms with Gasteiger partial charge >= 0.3 is 5.97 Å². The van der Waals surface area contributed by atoms with Crippen molar-refractivity contribution in [2.24, 2.45) is 0 Å². The lowest BCUT2D eigenvalue weighted by Crippen LogP contribution is -2.30. The van der Waals surface area contributed by atoms with Crippen molar-refractivity contribution in [3.05, 3.63) is 51.2 Å². The quantitative estimate of drug-likeness (QED) is 0.926. The number of hydrogen-bond acceptors (Lipinski definition) is 3. The summed E-state index contributed by atoms with van der Waals surface area (Å²) in [7, 11) is 0. The van der Waals surface area contributed by atoms with Gasteiger partial charge in [-0.15, -0.1) is 11.3 Å². The van der Waals surface area contributed by atoms with Gasteiger partial charge in [-0.25, -0.2) is 0 Å². The minimum Gasteiger partial charge on any atom is -0.481 e. The summed E-state index contributed by atoms with van der Waals surface area (Å²) in [6.07, 6.45) is 0. The van der Waals surface area contributed by atoms with Crippen molar-refractivity contribution in [2.45, 2.75) is 19.8 Å². The molecule has 1 atom stereocenters. The summed E-state index contributed by atoms with van der Waals surface area (Å²) in [5.74, 6) is -1.66. The number of hydrogen-bond donors (Lipinski definition) is 1. The number of rotatable bonds is 2. The van der Waals surface area contributed by atoms with Crippen LogP contribution < -0.4 is 4.90 Å². The minimum absolute atomic E-state index is 0.118. The van der Waals surface area contributed by atoms with Gasteiger partial charge in [0, 0.05) is 17.1 Å². The molecule has 1 N–H and O–H groups in total. The minimum atomic E-state index is -0.892. The lowest BCUT2D eigenvalue weighted by atomic mass is 10.0. The van der Waals surface area contributed by atoms with Crippen LogP contribution in [0, 0.1) is 13.8 Å². The van der Waals surface area contributed by atoms with Crippen molar-refractivity contribution in [1.29, 1.82) is 0 Å². The van der Waals surface area contributed by atoms with E-state index in [0.29, 0.717) is 16.1 Å². The highest BCUT2D eigenvalue weighted by Crippen LogP contribution is 2.37. The van der Waals surface area contributed by atoms with E-state index in [9.17, 15) is 14.7 Å². The van der Waals surface area contributed by atoms with Crippen molar-refractivity contribution < 1.29 is 14.7 Å². The Kier molecular flexibility index (Phi) is 3.29. The summed E-state index contributed by atoms with van der Waals surface area (Å²) >= 11 is 1.45. The summed E-state index contributed by atoms with van der Waals surface area (Å²) in [4.78, 5) is 27.4. The Morgan fingerprint density at radius 2 is 2.00 bits per heavy atom. The molecule has 0 radical (unpaired) electrons. The second kappa shape index (κ2) is 5.00. The smallest absolute Gasteiger partial charge is 0.312 e.